The molecule has 0 amide bonds. The van der Waals surface area contributed by atoms with Gasteiger partial charge in [-0.25, -0.2) is 0 Å². The van der Waals surface area contributed by atoms with Gasteiger partial charge in [0, 0.05) is 47.9 Å². The summed E-state index contributed by atoms with van der Waals surface area (Å²) in [7, 11) is 0. The molecule has 0 radical (unpaired) electrons. The van der Waals surface area contributed by atoms with Crippen LogP contribution < -0.4 is 4.90 Å². The number of thiophene rings is 1. The Morgan fingerprint density at radius 1 is 0.412 bits per heavy atom. The average Bonchev–Trinajstić information content (AvgIpc) is 3.78. The molecule has 240 valence electrons. The SMILES string of the molecule is c1ccc(-c2ccc(N(c3ccc4oc5c(-c6ccccc6)cccc5c4c3)c3ccc(-c4ccccc4)c4sc5ccccc5c34)cc2)cc1. The van der Waals surface area contributed by atoms with Crippen molar-refractivity contribution in [1.29, 1.82) is 0 Å². The first kappa shape index (κ1) is 29.5. The number of nitrogens with zero attached hydrogens (tertiary/aromatic N) is 1. The highest BCUT2D eigenvalue weighted by Crippen LogP contribution is 2.49. The van der Waals surface area contributed by atoms with E-state index in [9.17, 15) is 0 Å². The van der Waals surface area contributed by atoms with Crippen LogP contribution in [0.25, 0.3) is 75.5 Å². The van der Waals surface area contributed by atoms with Crippen molar-refractivity contribution in [2.75, 3.05) is 4.90 Å². The van der Waals surface area contributed by atoms with E-state index < -0.39 is 0 Å². The Morgan fingerprint density at radius 2 is 1.02 bits per heavy atom. The first-order chi connectivity index (χ1) is 25.3. The van der Waals surface area contributed by atoms with E-state index in [0.29, 0.717) is 0 Å². The van der Waals surface area contributed by atoms with Gasteiger partial charge in [0.25, 0.3) is 0 Å². The number of hydrogen-bond donors (Lipinski definition) is 0. The maximum Gasteiger partial charge on any atom is 0.143 e. The molecule has 0 spiro atoms. The highest BCUT2D eigenvalue weighted by atomic mass is 32.1. The molecule has 2 heterocycles. The normalized spacial score (nSPS) is 11.5. The Balaban J connectivity index is 1.22. The predicted octanol–water partition coefficient (Wildman–Crippen LogP) is 14.4. The zero-order valence-corrected chi connectivity index (χ0v) is 28.5. The Kier molecular flexibility index (Phi) is 7.04. The van der Waals surface area contributed by atoms with Crippen LogP contribution in [0.3, 0.4) is 0 Å². The fraction of sp³-hybridized carbons (Fsp3) is 0. The lowest BCUT2D eigenvalue weighted by Gasteiger charge is -2.27. The molecule has 0 saturated heterocycles. The van der Waals surface area contributed by atoms with Crippen molar-refractivity contribution in [3.05, 3.63) is 188 Å². The number of hydrogen-bond acceptors (Lipinski definition) is 3. The van der Waals surface area contributed by atoms with Crippen molar-refractivity contribution in [3.63, 3.8) is 0 Å². The molecule has 0 atom stereocenters. The molecule has 3 heteroatoms. The van der Waals surface area contributed by atoms with Crippen LogP contribution in [0, 0.1) is 0 Å². The molecule has 0 aliphatic rings. The fourth-order valence-corrected chi connectivity index (χ4v) is 8.73. The highest BCUT2D eigenvalue weighted by molar-refractivity contribution is 7.26. The van der Waals surface area contributed by atoms with Gasteiger partial charge in [0.2, 0.25) is 0 Å². The third-order valence-electron chi connectivity index (χ3n) is 9.89. The smallest absolute Gasteiger partial charge is 0.143 e. The third kappa shape index (κ3) is 5.01. The molecule has 10 rings (SSSR count). The third-order valence-corrected chi connectivity index (χ3v) is 11.1. The topological polar surface area (TPSA) is 16.4 Å². The van der Waals surface area contributed by atoms with Gasteiger partial charge in [-0.05, 0) is 70.3 Å². The molecule has 0 aliphatic carbocycles. The average molecular weight is 670 g/mol. The summed E-state index contributed by atoms with van der Waals surface area (Å²) in [5, 5.41) is 4.72. The molecule has 0 bridgehead atoms. The Bertz CT molecular complexity index is 2840. The molecule has 0 N–H and O–H groups in total. The van der Waals surface area contributed by atoms with Gasteiger partial charge in [-0.1, -0.05) is 146 Å². The van der Waals surface area contributed by atoms with Gasteiger partial charge in [-0.3, -0.25) is 0 Å². The van der Waals surface area contributed by atoms with Crippen LogP contribution in [0.4, 0.5) is 17.1 Å². The van der Waals surface area contributed by atoms with Crippen LogP contribution in [0.5, 0.6) is 0 Å². The lowest BCUT2D eigenvalue weighted by atomic mass is 9.99. The standard InChI is InChI=1S/C48H31NOS/c1-4-13-32(14-5-1)33-23-25-36(26-24-33)49(37-27-30-44-42(31-37)40-21-12-20-38(47(40)50-44)34-15-6-2-7-16-34)43-29-28-39(35-17-8-3-9-18-35)48-46(43)41-19-10-11-22-45(41)51-48/h1-31H. The Hall–Kier alpha value is -6.42. The van der Waals surface area contributed by atoms with Crippen LogP contribution >= 0.6 is 11.3 Å². The van der Waals surface area contributed by atoms with Crippen LogP contribution in [-0.2, 0) is 0 Å². The summed E-state index contributed by atoms with van der Waals surface area (Å²) < 4.78 is 9.18. The molecule has 8 aromatic carbocycles. The maximum atomic E-state index is 6.61. The Morgan fingerprint density at radius 3 is 1.76 bits per heavy atom. The van der Waals surface area contributed by atoms with Crippen molar-refractivity contribution in [2.24, 2.45) is 0 Å². The summed E-state index contributed by atoms with van der Waals surface area (Å²) in [6, 6.07) is 67.3. The van der Waals surface area contributed by atoms with E-state index in [0.717, 1.165) is 50.1 Å². The molecular formula is C48H31NOS. The van der Waals surface area contributed by atoms with Crippen LogP contribution in [0.2, 0.25) is 0 Å². The van der Waals surface area contributed by atoms with Gasteiger partial charge < -0.3 is 9.32 Å². The van der Waals surface area contributed by atoms with Gasteiger partial charge >= 0.3 is 0 Å². The van der Waals surface area contributed by atoms with E-state index in [1.807, 2.05) is 11.3 Å². The first-order valence-electron chi connectivity index (χ1n) is 17.3. The van der Waals surface area contributed by atoms with Crippen molar-refractivity contribution in [3.8, 4) is 33.4 Å². The van der Waals surface area contributed by atoms with E-state index in [1.54, 1.807) is 0 Å². The van der Waals surface area contributed by atoms with Gasteiger partial charge in [0.15, 0.2) is 0 Å². The molecule has 0 aliphatic heterocycles. The van der Waals surface area contributed by atoms with Crippen LogP contribution in [-0.4, -0.2) is 0 Å². The van der Waals surface area contributed by atoms with Crippen molar-refractivity contribution in [1.82, 2.24) is 0 Å². The van der Waals surface area contributed by atoms with E-state index in [-0.39, 0.29) is 0 Å². The quantitative estimate of drug-likeness (QED) is 0.175. The second-order valence-corrected chi connectivity index (χ2v) is 13.9. The van der Waals surface area contributed by atoms with E-state index in [2.05, 4.69) is 193 Å². The largest absolute Gasteiger partial charge is 0.455 e. The maximum absolute atomic E-state index is 6.61. The second-order valence-electron chi connectivity index (χ2n) is 12.9. The summed E-state index contributed by atoms with van der Waals surface area (Å²) >= 11 is 1.87. The molecular weight excluding hydrogens is 639 g/mol. The summed E-state index contributed by atoms with van der Waals surface area (Å²) in [4.78, 5) is 2.42. The van der Waals surface area contributed by atoms with Gasteiger partial charge in [-0.2, -0.15) is 0 Å². The van der Waals surface area contributed by atoms with E-state index in [1.165, 1.54) is 42.4 Å². The molecule has 51 heavy (non-hydrogen) atoms. The van der Waals surface area contributed by atoms with E-state index >= 15 is 0 Å². The predicted molar refractivity (Wildman–Crippen MR) is 218 cm³/mol. The zero-order chi connectivity index (χ0) is 33.7. The number of rotatable bonds is 6. The summed E-state index contributed by atoms with van der Waals surface area (Å²) in [6.07, 6.45) is 0. The first-order valence-corrected chi connectivity index (χ1v) is 18.1. The van der Waals surface area contributed by atoms with Crippen molar-refractivity contribution >= 4 is 70.5 Å². The number of anilines is 3. The molecule has 0 saturated carbocycles. The fourth-order valence-electron chi connectivity index (χ4n) is 7.47. The van der Waals surface area contributed by atoms with Crippen molar-refractivity contribution < 1.29 is 4.42 Å². The second kappa shape index (κ2) is 12.2. The molecule has 2 aromatic heterocycles. The minimum absolute atomic E-state index is 0.877. The number of benzene rings is 8. The van der Waals surface area contributed by atoms with Gasteiger partial charge in [0.05, 0.1) is 5.69 Å². The summed E-state index contributed by atoms with van der Waals surface area (Å²) in [5.74, 6) is 0. The van der Waals surface area contributed by atoms with Crippen LogP contribution in [0.15, 0.2) is 192 Å². The monoisotopic (exact) mass is 669 g/mol. The van der Waals surface area contributed by atoms with E-state index in [4.69, 9.17) is 4.42 Å². The minimum Gasteiger partial charge on any atom is -0.455 e. The van der Waals surface area contributed by atoms with Crippen molar-refractivity contribution in [2.45, 2.75) is 0 Å². The lowest BCUT2D eigenvalue weighted by Crippen LogP contribution is -2.10. The highest BCUT2D eigenvalue weighted by Gasteiger charge is 2.22. The number of para-hydroxylation sites is 1. The lowest BCUT2D eigenvalue weighted by molar-refractivity contribution is 0.670. The zero-order valence-electron chi connectivity index (χ0n) is 27.7. The summed E-state index contributed by atoms with van der Waals surface area (Å²) in [6.45, 7) is 0. The number of fused-ring (bicyclic) bond motifs is 6. The molecule has 2 nitrogen and oxygen atoms in total. The Labute approximate surface area is 300 Å². The molecule has 0 fully saturated rings. The number of furan rings is 1. The summed E-state index contributed by atoms with van der Waals surface area (Å²) in [5.41, 5.74) is 12.2. The van der Waals surface area contributed by atoms with Gasteiger partial charge in [0.1, 0.15) is 11.2 Å². The molecule has 0 unspecified atom stereocenters. The molecule has 10 aromatic rings. The van der Waals surface area contributed by atoms with Gasteiger partial charge in [-0.15, -0.1) is 11.3 Å². The minimum atomic E-state index is 0.877. The van der Waals surface area contributed by atoms with Crippen LogP contribution in [0.1, 0.15) is 0 Å².